The van der Waals surface area contributed by atoms with Crippen LogP contribution in [-0.2, 0) is 6.54 Å². The summed E-state index contributed by atoms with van der Waals surface area (Å²) in [7, 11) is 0. The van der Waals surface area contributed by atoms with Gasteiger partial charge in [0.15, 0.2) is 0 Å². The average molecular weight is 299 g/mol. The van der Waals surface area contributed by atoms with Gasteiger partial charge < -0.3 is 5.73 Å². The second-order valence-electron chi connectivity index (χ2n) is 4.69. The number of nitrogen functional groups attached to an aromatic ring is 1. The number of hydrogen-bond donors (Lipinski definition) is 1. The Kier molecular flexibility index (Phi) is 6.00. The molecule has 1 aromatic rings. The molecule has 2 N–H and O–H groups in total. The smallest absolute Gasteiger partial charge is 0.0325 e. The van der Waals surface area contributed by atoms with Crippen molar-refractivity contribution in [3.05, 3.63) is 28.2 Å². The van der Waals surface area contributed by atoms with Crippen molar-refractivity contribution in [1.29, 1.82) is 0 Å². The molecular formula is C14H23BrN2. The summed E-state index contributed by atoms with van der Waals surface area (Å²) in [4.78, 5) is 2.48. The number of anilines is 1. The third-order valence-corrected chi connectivity index (χ3v) is 3.92. The molecule has 0 aliphatic rings. The van der Waals surface area contributed by atoms with Crippen LogP contribution in [0.5, 0.6) is 0 Å². The molecule has 0 saturated carbocycles. The molecule has 0 fully saturated rings. The van der Waals surface area contributed by atoms with Crippen LogP contribution >= 0.6 is 15.9 Å². The first-order valence-electron chi connectivity index (χ1n) is 6.33. The van der Waals surface area contributed by atoms with Crippen molar-refractivity contribution >= 4 is 21.6 Å². The van der Waals surface area contributed by atoms with Gasteiger partial charge in [0.2, 0.25) is 0 Å². The first-order chi connectivity index (χ1) is 8.06. The highest BCUT2D eigenvalue weighted by Gasteiger charge is 2.09. The molecule has 0 spiro atoms. The molecule has 1 aromatic carbocycles. The number of benzene rings is 1. The number of halogens is 1. The Morgan fingerprint density at radius 1 is 1.35 bits per heavy atom. The molecule has 96 valence electrons. The van der Waals surface area contributed by atoms with E-state index in [2.05, 4.69) is 47.7 Å². The first kappa shape index (κ1) is 14.5. The van der Waals surface area contributed by atoms with Gasteiger partial charge >= 0.3 is 0 Å². The van der Waals surface area contributed by atoms with E-state index in [0.29, 0.717) is 0 Å². The molecule has 3 heteroatoms. The summed E-state index contributed by atoms with van der Waals surface area (Å²) in [5.74, 6) is 0.752. The molecule has 0 aliphatic heterocycles. The van der Waals surface area contributed by atoms with E-state index in [1.165, 1.54) is 12.0 Å². The quantitative estimate of drug-likeness (QED) is 0.807. The Hall–Kier alpha value is -0.540. The number of nitrogens with zero attached hydrogens (tertiary/aromatic N) is 1. The van der Waals surface area contributed by atoms with Gasteiger partial charge in [-0.2, -0.15) is 0 Å². The van der Waals surface area contributed by atoms with Crippen LogP contribution in [0.2, 0.25) is 0 Å². The van der Waals surface area contributed by atoms with Gasteiger partial charge in [0.1, 0.15) is 0 Å². The number of nitrogens with two attached hydrogens (primary N) is 1. The van der Waals surface area contributed by atoms with Gasteiger partial charge in [-0.25, -0.2) is 0 Å². The fourth-order valence-electron chi connectivity index (χ4n) is 1.81. The van der Waals surface area contributed by atoms with E-state index >= 15 is 0 Å². The zero-order valence-corrected chi connectivity index (χ0v) is 12.6. The summed E-state index contributed by atoms with van der Waals surface area (Å²) in [6.45, 7) is 10.00. The van der Waals surface area contributed by atoms with Crippen LogP contribution < -0.4 is 5.73 Å². The number of rotatable bonds is 6. The zero-order valence-electron chi connectivity index (χ0n) is 11.0. The van der Waals surface area contributed by atoms with Crippen molar-refractivity contribution < 1.29 is 0 Å². The predicted octanol–water partition coefficient (Wildman–Crippen LogP) is 3.90. The fourth-order valence-corrected chi connectivity index (χ4v) is 2.33. The van der Waals surface area contributed by atoms with Crippen molar-refractivity contribution in [3.63, 3.8) is 0 Å². The zero-order chi connectivity index (χ0) is 12.8. The Bertz CT molecular complexity index is 352. The third-order valence-electron chi connectivity index (χ3n) is 3.19. The summed E-state index contributed by atoms with van der Waals surface area (Å²) in [5, 5.41) is 0. The van der Waals surface area contributed by atoms with Gasteiger partial charge in [-0.1, -0.05) is 49.2 Å². The van der Waals surface area contributed by atoms with E-state index in [1.54, 1.807) is 0 Å². The van der Waals surface area contributed by atoms with E-state index in [1.807, 2.05) is 12.1 Å². The maximum Gasteiger partial charge on any atom is 0.0325 e. The maximum absolute atomic E-state index is 5.75. The summed E-state index contributed by atoms with van der Waals surface area (Å²) >= 11 is 3.58. The summed E-state index contributed by atoms with van der Waals surface area (Å²) in [5.41, 5.74) is 7.87. The molecule has 0 bridgehead atoms. The fraction of sp³-hybridized carbons (Fsp3) is 0.571. The lowest BCUT2D eigenvalue weighted by molar-refractivity contribution is 0.237. The van der Waals surface area contributed by atoms with Crippen molar-refractivity contribution in [2.45, 2.75) is 33.7 Å². The van der Waals surface area contributed by atoms with Crippen LogP contribution in [0.3, 0.4) is 0 Å². The molecule has 0 saturated heterocycles. The van der Waals surface area contributed by atoms with Gasteiger partial charge in [0.25, 0.3) is 0 Å². The number of hydrogen-bond acceptors (Lipinski definition) is 2. The Morgan fingerprint density at radius 2 is 2.06 bits per heavy atom. The summed E-state index contributed by atoms with van der Waals surface area (Å²) < 4.78 is 1.11. The average Bonchev–Trinajstić information content (AvgIpc) is 2.31. The van der Waals surface area contributed by atoms with Crippen molar-refractivity contribution in [2.75, 3.05) is 18.8 Å². The Labute approximate surface area is 113 Å². The van der Waals surface area contributed by atoms with Crippen molar-refractivity contribution in [2.24, 2.45) is 5.92 Å². The molecule has 0 amide bonds. The van der Waals surface area contributed by atoms with E-state index in [9.17, 15) is 0 Å². The van der Waals surface area contributed by atoms with Crippen molar-refractivity contribution in [1.82, 2.24) is 4.90 Å². The second-order valence-corrected chi connectivity index (χ2v) is 5.55. The first-order valence-corrected chi connectivity index (χ1v) is 7.12. The highest BCUT2D eigenvalue weighted by Crippen LogP contribution is 2.21. The lowest BCUT2D eigenvalue weighted by atomic mass is 10.1. The molecule has 1 atom stereocenters. The summed E-state index contributed by atoms with van der Waals surface area (Å²) in [6.07, 6.45) is 1.24. The van der Waals surface area contributed by atoms with E-state index in [-0.39, 0.29) is 0 Å². The van der Waals surface area contributed by atoms with Crippen LogP contribution in [-0.4, -0.2) is 18.0 Å². The second kappa shape index (κ2) is 7.02. The molecule has 0 radical (unpaired) electrons. The minimum atomic E-state index is 0.752. The normalized spacial score (nSPS) is 13.0. The van der Waals surface area contributed by atoms with Gasteiger partial charge in [0.05, 0.1) is 0 Å². The van der Waals surface area contributed by atoms with Crippen LogP contribution in [0.25, 0.3) is 0 Å². The predicted molar refractivity (Wildman–Crippen MR) is 79.0 cm³/mol. The topological polar surface area (TPSA) is 29.3 Å². The van der Waals surface area contributed by atoms with E-state index in [4.69, 9.17) is 5.73 Å². The minimum Gasteiger partial charge on any atom is -0.399 e. The lowest BCUT2D eigenvalue weighted by Crippen LogP contribution is -2.28. The molecule has 0 heterocycles. The molecule has 1 unspecified atom stereocenters. The highest BCUT2D eigenvalue weighted by molar-refractivity contribution is 9.10. The Balaban J connectivity index is 2.67. The molecule has 0 aromatic heterocycles. The SMILES string of the molecule is CCC(C)CN(CC)Cc1ccc(N)cc1Br. The maximum atomic E-state index is 5.75. The van der Waals surface area contributed by atoms with Crippen LogP contribution in [0.4, 0.5) is 5.69 Å². The largest absolute Gasteiger partial charge is 0.399 e. The molecular weight excluding hydrogens is 276 g/mol. The van der Waals surface area contributed by atoms with Crippen molar-refractivity contribution in [3.8, 4) is 0 Å². The van der Waals surface area contributed by atoms with E-state index < -0.39 is 0 Å². The third kappa shape index (κ3) is 4.68. The van der Waals surface area contributed by atoms with Gasteiger partial charge in [0, 0.05) is 23.2 Å². The molecule has 2 nitrogen and oxygen atoms in total. The van der Waals surface area contributed by atoms with Gasteiger partial charge in [-0.15, -0.1) is 0 Å². The molecule has 17 heavy (non-hydrogen) atoms. The summed E-state index contributed by atoms with van der Waals surface area (Å²) in [6, 6.07) is 6.06. The Morgan fingerprint density at radius 3 is 2.59 bits per heavy atom. The van der Waals surface area contributed by atoms with Crippen LogP contribution in [0, 0.1) is 5.92 Å². The van der Waals surface area contributed by atoms with Gasteiger partial charge in [-0.3, -0.25) is 4.90 Å². The monoisotopic (exact) mass is 298 g/mol. The standard InChI is InChI=1S/C14H23BrN2/c1-4-11(3)9-17(5-2)10-12-6-7-13(16)8-14(12)15/h6-8,11H,4-5,9-10,16H2,1-3H3. The highest BCUT2D eigenvalue weighted by atomic mass is 79.9. The molecule has 0 aliphatic carbocycles. The van der Waals surface area contributed by atoms with Gasteiger partial charge in [-0.05, 0) is 30.2 Å². The molecule has 1 rings (SSSR count). The minimum absolute atomic E-state index is 0.752. The van der Waals surface area contributed by atoms with E-state index in [0.717, 1.165) is 35.7 Å². The lowest BCUT2D eigenvalue weighted by Gasteiger charge is -2.24. The van der Waals surface area contributed by atoms with Crippen LogP contribution in [0.1, 0.15) is 32.8 Å². The van der Waals surface area contributed by atoms with Crippen LogP contribution in [0.15, 0.2) is 22.7 Å².